The minimum Gasteiger partial charge on any atom is -0.383 e. The van der Waals surface area contributed by atoms with Gasteiger partial charge in [-0.2, -0.15) is 0 Å². The van der Waals surface area contributed by atoms with Gasteiger partial charge in [-0.3, -0.25) is 9.59 Å². The molecule has 4 heterocycles. The molecule has 0 N–H and O–H groups in total. The summed E-state index contributed by atoms with van der Waals surface area (Å²) in [4.78, 5) is 30.1. The molecule has 154 valence electrons. The highest BCUT2D eigenvalue weighted by atomic mass is 16.5. The highest BCUT2D eigenvalue weighted by Gasteiger charge is 2.45. The molecule has 0 radical (unpaired) electrons. The van der Waals surface area contributed by atoms with E-state index in [9.17, 15) is 9.59 Å². The van der Waals surface area contributed by atoms with Gasteiger partial charge in [0.15, 0.2) is 0 Å². The van der Waals surface area contributed by atoms with E-state index in [0.29, 0.717) is 43.4 Å². The Morgan fingerprint density at radius 1 is 1.21 bits per heavy atom. The molecule has 1 aromatic carbocycles. The van der Waals surface area contributed by atoms with E-state index < -0.39 is 0 Å². The average molecular weight is 396 g/mol. The Morgan fingerprint density at radius 3 is 2.93 bits per heavy atom. The highest BCUT2D eigenvalue weighted by Crippen LogP contribution is 2.38. The fraction of sp³-hybridized carbons (Fsp3) is 0.565. The van der Waals surface area contributed by atoms with Crippen molar-refractivity contribution in [2.75, 3.05) is 33.4 Å². The monoisotopic (exact) mass is 395 g/mol. The summed E-state index contributed by atoms with van der Waals surface area (Å²) in [5, 5.41) is 1.09. The van der Waals surface area contributed by atoms with Crippen molar-refractivity contribution in [3.05, 3.63) is 36.0 Å². The molecule has 2 amide bonds. The SMILES string of the molecule is COCCn1c(C(=O)N2C[C@H]3C[C@@H](C2)[C@H]2CCCC(=O)N2C3)cc2ccccc21. The van der Waals surface area contributed by atoms with Crippen LogP contribution in [0.3, 0.4) is 0 Å². The van der Waals surface area contributed by atoms with Crippen molar-refractivity contribution < 1.29 is 14.3 Å². The smallest absolute Gasteiger partial charge is 0.270 e. The molecule has 6 heteroatoms. The van der Waals surface area contributed by atoms with E-state index in [0.717, 1.165) is 55.5 Å². The summed E-state index contributed by atoms with van der Waals surface area (Å²) in [7, 11) is 1.69. The lowest BCUT2D eigenvalue weighted by Gasteiger charge is -2.52. The molecule has 3 atom stereocenters. The lowest BCUT2D eigenvalue weighted by Crippen LogP contribution is -2.61. The summed E-state index contributed by atoms with van der Waals surface area (Å²) in [5.41, 5.74) is 1.83. The molecule has 3 aliphatic heterocycles. The van der Waals surface area contributed by atoms with Gasteiger partial charge in [-0.05, 0) is 43.2 Å². The van der Waals surface area contributed by atoms with Crippen molar-refractivity contribution in [2.45, 2.75) is 38.3 Å². The van der Waals surface area contributed by atoms with Crippen molar-refractivity contribution in [1.82, 2.24) is 14.4 Å². The maximum Gasteiger partial charge on any atom is 0.270 e. The number of nitrogens with zero attached hydrogens (tertiary/aromatic N) is 3. The molecule has 0 aliphatic carbocycles. The Bertz CT molecular complexity index is 937. The molecule has 1 aromatic heterocycles. The zero-order chi connectivity index (χ0) is 20.0. The predicted octanol–water partition coefficient (Wildman–Crippen LogP) is 2.76. The van der Waals surface area contributed by atoms with Crippen LogP contribution in [0, 0.1) is 11.8 Å². The molecule has 3 aliphatic rings. The maximum atomic E-state index is 13.6. The fourth-order valence-electron chi connectivity index (χ4n) is 5.75. The van der Waals surface area contributed by atoms with Crippen LogP contribution in [-0.4, -0.2) is 65.6 Å². The zero-order valence-corrected chi connectivity index (χ0v) is 17.0. The number of ether oxygens (including phenoxy) is 1. The number of aromatic nitrogens is 1. The van der Waals surface area contributed by atoms with E-state index >= 15 is 0 Å². The van der Waals surface area contributed by atoms with Crippen LogP contribution in [0.15, 0.2) is 30.3 Å². The second-order valence-electron chi connectivity index (χ2n) is 8.81. The minimum absolute atomic E-state index is 0.114. The van der Waals surface area contributed by atoms with Crippen LogP contribution in [0.1, 0.15) is 36.2 Å². The maximum absolute atomic E-state index is 13.6. The normalized spacial score (nSPS) is 26.7. The zero-order valence-electron chi connectivity index (χ0n) is 17.0. The van der Waals surface area contributed by atoms with E-state index in [2.05, 4.69) is 21.6 Å². The first-order valence-electron chi connectivity index (χ1n) is 10.8. The van der Waals surface area contributed by atoms with Gasteiger partial charge < -0.3 is 19.1 Å². The molecule has 2 bridgehead atoms. The molecule has 3 saturated heterocycles. The van der Waals surface area contributed by atoms with Crippen molar-refractivity contribution in [3.8, 4) is 0 Å². The van der Waals surface area contributed by atoms with E-state index in [1.54, 1.807) is 7.11 Å². The average Bonchev–Trinajstić information content (AvgIpc) is 3.11. The number of piperidine rings is 3. The van der Waals surface area contributed by atoms with Crippen molar-refractivity contribution in [1.29, 1.82) is 0 Å². The van der Waals surface area contributed by atoms with E-state index in [1.807, 2.05) is 23.1 Å². The van der Waals surface area contributed by atoms with Gasteiger partial charge in [0.05, 0.1) is 6.61 Å². The number of benzene rings is 1. The van der Waals surface area contributed by atoms with Gasteiger partial charge in [-0.15, -0.1) is 0 Å². The van der Waals surface area contributed by atoms with Gasteiger partial charge in [0.25, 0.3) is 5.91 Å². The molecule has 0 spiro atoms. The first kappa shape index (κ1) is 18.7. The summed E-state index contributed by atoms with van der Waals surface area (Å²) < 4.78 is 7.39. The topological polar surface area (TPSA) is 54.8 Å². The first-order chi connectivity index (χ1) is 14.2. The first-order valence-corrected chi connectivity index (χ1v) is 10.8. The molecule has 6 nitrogen and oxygen atoms in total. The van der Waals surface area contributed by atoms with Crippen LogP contribution in [0.25, 0.3) is 10.9 Å². The van der Waals surface area contributed by atoms with Gasteiger partial charge in [0.1, 0.15) is 5.69 Å². The second kappa shape index (κ2) is 7.48. The molecule has 2 aromatic rings. The number of para-hydroxylation sites is 1. The number of likely N-dealkylation sites (tertiary alicyclic amines) is 1. The van der Waals surface area contributed by atoms with Crippen LogP contribution in [0.2, 0.25) is 0 Å². The van der Waals surface area contributed by atoms with Gasteiger partial charge >= 0.3 is 0 Å². The molecule has 29 heavy (non-hydrogen) atoms. The largest absolute Gasteiger partial charge is 0.383 e. The van der Waals surface area contributed by atoms with Crippen molar-refractivity contribution >= 4 is 22.7 Å². The van der Waals surface area contributed by atoms with Gasteiger partial charge in [0.2, 0.25) is 5.91 Å². The molecule has 3 fully saturated rings. The number of fused-ring (bicyclic) bond motifs is 5. The third-order valence-corrected chi connectivity index (χ3v) is 7.02. The molecule has 0 unspecified atom stereocenters. The van der Waals surface area contributed by atoms with E-state index in [4.69, 9.17) is 4.74 Å². The Kier molecular flexibility index (Phi) is 4.82. The van der Waals surface area contributed by atoms with Crippen molar-refractivity contribution in [2.24, 2.45) is 11.8 Å². The fourth-order valence-corrected chi connectivity index (χ4v) is 5.75. The predicted molar refractivity (Wildman–Crippen MR) is 111 cm³/mol. The number of carbonyl (C=O) groups excluding carboxylic acids is 2. The van der Waals surface area contributed by atoms with Crippen LogP contribution in [0.5, 0.6) is 0 Å². The Hall–Kier alpha value is -2.34. The number of rotatable bonds is 4. The molecule has 0 saturated carbocycles. The minimum atomic E-state index is 0.114. The Labute approximate surface area is 171 Å². The van der Waals surface area contributed by atoms with Crippen LogP contribution >= 0.6 is 0 Å². The van der Waals surface area contributed by atoms with Gasteiger partial charge in [0, 0.05) is 56.7 Å². The van der Waals surface area contributed by atoms with Gasteiger partial charge in [-0.25, -0.2) is 0 Å². The lowest BCUT2D eigenvalue weighted by molar-refractivity contribution is -0.144. The quantitative estimate of drug-likeness (QED) is 0.800. The Morgan fingerprint density at radius 2 is 2.07 bits per heavy atom. The standard InChI is InChI=1S/C23H29N3O3/c1-29-10-9-25-19-6-3-2-5-17(19)12-21(25)23(28)24-13-16-11-18(15-24)20-7-4-8-22(27)26(20)14-16/h2-3,5-6,12,16,18,20H,4,7-11,13-15H2,1H3/t16-,18+,20-/m1/s1. The number of hydrogen-bond donors (Lipinski definition) is 0. The number of methoxy groups -OCH3 is 1. The molecular formula is C23H29N3O3. The second-order valence-corrected chi connectivity index (χ2v) is 8.81. The lowest BCUT2D eigenvalue weighted by atomic mass is 9.76. The van der Waals surface area contributed by atoms with Crippen LogP contribution in [0.4, 0.5) is 0 Å². The van der Waals surface area contributed by atoms with Crippen LogP contribution in [-0.2, 0) is 16.1 Å². The summed E-state index contributed by atoms with van der Waals surface area (Å²) in [6.07, 6.45) is 3.91. The van der Waals surface area contributed by atoms with E-state index in [-0.39, 0.29) is 5.91 Å². The summed E-state index contributed by atoms with van der Waals surface area (Å²) in [5.74, 6) is 1.23. The third-order valence-electron chi connectivity index (χ3n) is 7.02. The van der Waals surface area contributed by atoms with Crippen molar-refractivity contribution in [3.63, 3.8) is 0 Å². The number of hydrogen-bond acceptors (Lipinski definition) is 3. The van der Waals surface area contributed by atoms with Gasteiger partial charge in [-0.1, -0.05) is 18.2 Å². The third kappa shape index (κ3) is 3.23. The summed E-state index contributed by atoms with van der Waals surface area (Å²) in [6, 6.07) is 10.5. The highest BCUT2D eigenvalue weighted by molar-refractivity contribution is 5.99. The van der Waals surface area contributed by atoms with Crippen LogP contribution < -0.4 is 0 Å². The van der Waals surface area contributed by atoms with E-state index in [1.165, 1.54) is 0 Å². The number of carbonyl (C=O) groups is 2. The Balaban J connectivity index is 1.42. The molecular weight excluding hydrogens is 366 g/mol. The molecule has 5 rings (SSSR count). The number of amides is 2. The summed E-state index contributed by atoms with van der Waals surface area (Å²) >= 11 is 0. The summed E-state index contributed by atoms with van der Waals surface area (Å²) in [6.45, 7) is 3.56.